The number of hydrogen-bond acceptors (Lipinski definition) is 3. The molecule has 6 heteroatoms. The molecule has 94 valence electrons. The highest BCUT2D eigenvalue weighted by atomic mass is 16.4. The Morgan fingerprint density at radius 1 is 1.35 bits per heavy atom. The third kappa shape index (κ3) is 1.87. The van der Waals surface area contributed by atoms with Crippen LogP contribution in [0.5, 0.6) is 0 Å². The van der Waals surface area contributed by atoms with Gasteiger partial charge < -0.3 is 5.11 Å². The van der Waals surface area contributed by atoms with Gasteiger partial charge in [0.2, 0.25) is 0 Å². The molecule has 2 heterocycles. The van der Waals surface area contributed by atoms with Gasteiger partial charge in [-0.3, -0.25) is 4.57 Å². The molecule has 0 radical (unpaired) electrons. The van der Waals surface area contributed by atoms with Crippen molar-refractivity contribution in [3.8, 4) is 0 Å². The summed E-state index contributed by atoms with van der Waals surface area (Å²) in [4.78, 5) is 23.3. The maximum absolute atomic E-state index is 12.1. The van der Waals surface area contributed by atoms with E-state index >= 15 is 0 Å². The van der Waals surface area contributed by atoms with Gasteiger partial charge in [-0.05, 0) is 26.7 Å². The van der Waals surface area contributed by atoms with Crippen LogP contribution in [-0.2, 0) is 23.3 Å². The lowest BCUT2D eigenvalue weighted by atomic mass is 10.1. The number of aromatic nitrogens is 3. The summed E-state index contributed by atoms with van der Waals surface area (Å²) in [5.74, 6) is -0.338. The van der Waals surface area contributed by atoms with Crippen molar-refractivity contribution in [1.29, 1.82) is 0 Å². The molecular formula is C11H17N3O3. The van der Waals surface area contributed by atoms with Gasteiger partial charge in [0, 0.05) is 13.0 Å². The second-order valence-corrected chi connectivity index (χ2v) is 4.94. The lowest BCUT2D eigenvalue weighted by Gasteiger charge is -2.17. The molecule has 1 aromatic rings. The topological polar surface area (TPSA) is 77.1 Å². The van der Waals surface area contributed by atoms with E-state index in [1.807, 2.05) is 0 Å². The molecule has 0 atom stereocenters. The SMILES string of the molecule is CC(C)(C(=O)O)n1nc2n(c1=O)CCCCC2. The summed E-state index contributed by atoms with van der Waals surface area (Å²) in [6.07, 6.45) is 3.79. The number of hydrogen-bond donors (Lipinski definition) is 1. The molecule has 0 amide bonds. The van der Waals surface area contributed by atoms with Gasteiger partial charge in [0.05, 0.1) is 0 Å². The first-order valence-corrected chi connectivity index (χ1v) is 5.87. The molecule has 0 unspecified atom stereocenters. The third-order valence-corrected chi connectivity index (χ3v) is 3.27. The fraction of sp³-hybridized carbons (Fsp3) is 0.727. The third-order valence-electron chi connectivity index (χ3n) is 3.27. The fourth-order valence-corrected chi connectivity index (χ4v) is 2.03. The van der Waals surface area contributed by atoms with E-state index in [0.717, 1.165) is 30.4 Å². The van der Waals surface area contributed by atoms with Gasteiger partial charge in [-0.1, -0.05) is 6.42 Å². The van der Waals surface area contributed by atoms with E-state index in [2.05, 4.69) is 5.10 Å². The molecular weight excluding hydrogens is 222 g/mol. The number of carboxylic acids is 1. The summed E-state index contributed by atoms with van der Waals surface area (Å²) in [6.45, 7) is 3.62. The smallest absolute Gasteiger partial charge is 0.346 e. The second-order valence-electron chi connectivity index (χ2n) is 4.94. The number of rotatable bonds is 2. The summed E-state index contributed by atoms with van der Waals surface area (Å²) < 4.78 is 2.70. The predicted molar refractivity (Wildman–Crippen MR) is 61.0 cm³/mol. The van der Waals surface area contributed by atoms with Crippen molar-refractivity contribution >= 4 is 5.97 Å². The Morgan fingerprint density at radius 2 is 2.06 bits per heavy atom. The number of carbonyl (C=O) groups is 1. The lowest BCUT2D eigenvalue weighted by Crippen LogP contribution is -2.43. The lowest BCUT2D eigenvalue weighted by molar-refractivity contribution is -0.146. The first-order valence-electron chi connectivity index (χ1n) is 5.87. The molecule has 0 saturated carbocycles. The van der Waals surface area contributed by atoms with Crippen molar-refractivity contribution in [1.82, 2.24) is 14.3 Å². The van der Waals surface area contributed by atoms with Crippen molar-refractivity contribution in [3.63, 3.8) is 0 Å². The van der Waals surface area contributed by atoms with E-state index in [1.165, 1.54) is 13.8 Å². The Morgan fingerprint density at radius 3 is 2.71 bits per heavy atom. The monoisotopic (exact) mass is 239 g/mol. The van der Waals surface area contributed by atoms with Gasteiger partial charge in [0.1, 0.15) is 5.82 Å². The van der Waals surface area contributed by atoms with Crippen LogP contribution in [0.3, 0.4) is 0 Å². The molecule has 17 heavy (non-hydrogen) atoms. The summed E-state index contributed by atoms with van der Waals surface area (Å²) in [6, 6.07) is 0. The highest BCUT2D eigenvalue weighted by molar-refractivity contribution is 5.75. The molecule has 0 bridgehead atoms. The molecule has 0 spiro atoms. The Kier molecular flexibility index (Phi) is 2.81. The van der Waals surface area contributed by atoms with Crippen molar-refractivity contribution in [3.05, 3.63) is 16.3 Å². The molecule has 0 aliphatic carbocycles. The van der Waals surface area contributed by atoms with Crippen LogP contribution in [0.2, 0.25) is 0 Å². The minimum absolute atomic E-state index is 0.311. The maximum atomic E-state index is 12.1. The maximum Gasteiger partial charge on any atom is 0.346 e. The van der Waals surface area contributed by atoms with Crippen LogP contribution in [0.1, 0.15) is 38.9 Å². The van der Waals surface area contributed by atoms with Crippen LogP contribution in [-0.4, -0.2) is 25.4 Å². The zero-order valence-electron chi connectivity index (χ0n) is 10.1. The Hall–Kier alpha value is -1.59. The number of aryl methyl sites for hydroxylation is 1. The number of aliphatic carboxylic acids is 1. The fourth-order valence-electron chi connectivity index (χ4n) is 2.03. The van der Waals surface area contributed by atoms with Crippen molar-refractivity contribution in [2.75, 3.05) is 0 Å². The average molecular weight is 239 g/mol. The largest absolute Gasteiger partial charge is 0.479 e. The molecule has 6 nitrogen and oxygen atoms in total. The predicted octanol–water partition coefficient (Wildman–Crippen LogP) is 0.591. The number of fused-ring (bicyclic) bond motifs is 1. The Bertz CT molecular complexity index is 499. The van der Waals surface area contributed by atoms with Crippen LogP contribution in [0.25, 0.3) is 0 Å². The van der Waals surface area contributed by atoms with E-state index in [9.17, 15) is 9.59 Å². The second kappa shape index (κ2) is 4.01. The van der Waals surface area contributed by atoms with Crippen LogP contribution >= 0.6 is 0 Å². The molecule has 1 N–H and O–H groups in total. The number of carboxylic acid groups (broad SMARTS) is 1. The first kappa shape index (κ1) is 11.9. The minimum atomic E-state index is -1.30. The summed E-state index contributed by atoms with van der Waals surface area (Å²) >= 11 is 0. The van der Waals surface area contributed by atoms with Gasteiger partial charge in [-0.2, -0.15) is 9.78 Å². The van der Waals surface area contributed by atoms with Crippen molar-refractivity contribution in [2.24, 2.45) is 0 Å². The molecule has 1 aliphatic heterocycles. The van der Waals surface area contributed by atoms with Crippen LogP contribution in [0, 0.1) is 0 Å². The van der Waals surface area contributed by atoms with E-state index in [-0.39, 0.29) is 5.69 Å². The normalized spacial score (nSPS) is 16.4. The molecule has 2 rings (SSSR count). The zero-order chi connectivity index (χ0) is 12.6. The standard InChI is InChI=1S/C11H17N3O3/c1-11(2,9(15)16)14-10(17)13-7-5-3-4-6-8(13)12-14/h3-7H2,1-2H3,(H,15,16). The molecule has 0 aromatic carbocycles. The molecule has 0 fully saturated rings. The van der Waals surface area contributed by atoms with Gasteiger partial charge in [0.15, 0.2) is 5.54 Å². The first-order chi connectivity index (χ1) is 7.94. The summed E-state index contributed by atoms with van der Waals surface area (Å²) in [7, 11) is 0. The average Bonchev–Trinajstić information content (AvgIpc) is 2.47. The van der Waals surface area contributed by atoms with Crippen molar-refractivity contribution in [2.45, 2.75) is 51.6 Å². The highest BCUT2D eigenvalue weighted by Gasteiger charge is 2.34. The highest BCUT2D eigenvalue weighted by Crippen LogP contribution is 2.15. The van der Waals surface area contributed by atoms with E-state index < -0.39 is 11.5 Å². The molecule has 1 aromatic heterocycles. The minimum Gasteiger partial charge on any atom is -0.479 e. The Balaban J connectivity index is 2.52. The van der Waals surface area contributed by atoms with Gasteiger partial charge >= 0.3 is 11.7 Å². The summed E-state index contributed by atoms with van der Waals surface area (Å²) in [5.41, 5.74) is -1.61. The molecule has 0 saturated heterocycles. The van der Waals surface area contributed by atoms with Crippen LogP contribution in [0.15, 0.2) is 4.79 Å². The van der Waals surface area contributed by atoms with Crippen LogP contribution < -0.4 is 5.69 Å². The van der Waals surface area contributed by atoms with Gasteiger partial charge in [-0.15, -0.1) is 0 Å². The quantitative estimate of drug-likeness (QED) is 0.819. The zero-order valence-corrected chi connectivity index (χ0v) is 10.1. The Labute approximate surface area is 98.9 Å². The van der Waals surface area contributed by atoms with E-state index in [4.69, 9.17) is 5.11 Å². The van der Waals surface area contributed by atoms with Crippen molar-refractivity contribution < 1.29 is 9.90 Å². The number of nitrogens with zero attached hydrogens (tertiary/aromatic N) is 3. The summed E-state index contributed by atoms with van der Waals surface area (Å²) in [5, 5.41) is 13.3. The van der Waals surface area contributed by atoms with E-state index in [0.29, 0.717) is 12.4 Å². The van der Waals surface area contributed by atoms with Crippen LogP contribution in [0.4, 0.5) is 0 Å². The van der Waals surface area contributed by atoms with Gasteiger partial charge in [0.25, 0.3) is 0 Å². The van der Waals surface area contributed by atoms with Gasteiger partial charge in [-0.25, -0.2) is 9.59 Å². The van der Waals surface area contributed by atoms with E-state index in [1.54, 1.807) is 4.57 Å². The molecule has 1 aliphatic rings.